The Hall–Kier alpha value is -0.310. The highest BCUT2D eigenvalue weighted by atomic mass is 79.9. The zero-order valence-corrected chi connectivity index (χ0v) is 11.7. The van der Waals surface area contributed by atoms with E-state index in [1.54, 1.807) is 0 Å². The maximum Gasteiger partial charge on any atom is 0.108 e. The van der Waals surface area contributed by atoms with Gasteiger partial charge < -0.3 is 4.57 Å². The Morgan fingerprint density at radius 1 is 1.53 bits per heavy atom. The lowest BCUT2D eigenvalue weighted by Crippen LogP contribution is -2.26. The lowest BCUT2D eigenvalue weighted by Gasteiger charge is -2.31. The number of imidazole rings is 1. The normalized spacial score (nSPS) is 15.6. The predicted octanol–water partition coefficient (Wildman–Crippen LogP) is 3.41. The molecule has 0 N–H and O–H groups in total. The van der Waals surface area contributed by atoms with Gasteiger partial charge in [0.2, 0.25) is 0 Å². The maximum absolute atomic E-state index is 4.36. The molecular formula is C12H21BrN2. The van der Waals surface area contributed by atoms with Crippen molar-refractivity contribution in [3.05, 3.63) is 18.2 Å². The smallest absolute Gasteiger partial charge is 0.108 e. The molecule has 0 bridgehead atoms. The third kappa shape index (κ3) is 3.07. The summed E-state index contributed by atoms with van der Waals surface area (Å²) in [6, 6.07) is 0. The van der Waals surface area contributed by atoms with E-state index < -0.39 is 0 Å². The van der Waals surface area contributed by atoms with Crippen LogP contribution in [0.5, 0.6) is 0 Å². The van der Waals surface area contributed by atoms with Gasteiger partial charge in [0.05, 0.1) is 0 Å². The SMILES string of the molecule is CC(C)C(C)(CBr)CCc1nccn1C. The average molecular weight is 273 g/mol. The van der Waals surface area contributed by atoms with Crippen LogP contribution < -0.4 is 0 Å². The van der Waals surface area contributed by atoms with E-state index in [9.17, 15) is 0 Å². The number of rotatable bonds is 5. The molecule has 0 aliphatic rings. The lowest BCUT2D eigenvalue weighted by atomic mass is 9.77. The van der Waals surface area contributed by atoms with Crippen LogP contribution in [0.2, 0.25) is 0 Å². The molecule has 0 aliphatic carbocycles. The minimum atomic E-state index is 0.367. The van der Waals surface area contributed by atoms with E-state index in [-0.39, 0.29) is 0 Å². The third-order valence-electron chi connectivity index (χ3n) is 3.54. The summed E-state index contributed by atoms with van der Waals surface area (Å²) in [5.41, 5.74) is 0.367. The molecular weight excluding hydrogens is 252 g/mol. The largest absolute Gasteiger partial charge is 0.338 e. The van der Waals surface area contributed by atoms with Crippen LogP contribution in [0.1, 0.15) is 33.0 Å². The van der Waals surface area contributed by atoms with Gasteiger partial charge in [-0.25, -0.2) is 4.98 Å². The van der Waals surface area contributed by atoms with E-state index in [0.717, 1.165) is 11.8 Å². The zero-order chi connectivity index (χ0) is 11.5. The lowest BCUT2D eigenvalue weighted by molar-refractivity contribution is 0.237. The molecule has 0 radical (unpaired) electrons. The molecule has 1 aromatic rings. The molecule has 0 fully saturated rings. The van der Waals surface area contributed by atoms with Crippen molar-refractivity contribution < 1.29 is 0 Å². The molecule has 1 atom stereocenters. The summed E-state index contributed by atoms with van der Waals surface area (Å²) in [6.07, 6.45) is 6.12. The third-order valence-corrected chi connectivity index (χ3v) is 4.82. The van der Waals surface area contributed by atoms with Crippen molar-refractivity contribution in [3.8, 4) is 0 Å². The Morgan fingerprint density at radius 2 is 2.20 bits per heavy atom. The van der Waals surface area contributed by atoms with Crippen molar-refractivity contribution in [2.75, 3.05) is 5.33 Å². The van der Waals surface area contributed by atoms with Gasteiger partial charge in [0, 0.05) is 31.2 Å². The van der Waals surface area contributed by atoms with Crippen molar-refractivity contribution in [2.45, 2.75) is 33.6 Å². The van der Waals surface area contributed by atoms with E-state index in [2.05, 4.69) is 53.3 Å². The minimum absolute atomic E-state index is 0.367. The first kappa shape index (κ1) is 12.8. The fourth-order valence-corrected chi connectivity index (χ4v) is 2.47. The van der Waals surface area contributed by atoms with Crippen molar-refractivity contribution in [1.82, 2.24) is 9.55 Å². The van der Waals surface area contributed by atoms with Crippen LogP contribution in [0.4, 0.5) is 0 Å². The monoisotopic (exact) mass is 272 g/mol. The highest BCUT2D eigenvalue weighted by Crippen LogP contribution is 2.33. The van der Waals surface area contributed by atoms with Crippen LogP contribution in [0.3, 0.4) is 0 Å². The van der Waals surface area contributed by atoms with E-state index in [1.807, 2.05) is 12.4 Å². The summed E-state index contributed by atoms with van der Waals surface area (Å²) in [7, 11) is 2.06. The van der Waals surface area contributed by atoms with Crippen molar-refractivity contribution in [2.24, 2.45) is 18.4 Å². The summed E-state index contributed by atoms with van der Waals surface area (Å²) >= 11 is 3.63. The number of hydrogen-bond acceptors (Lipinski definition) is 1. The van der Waals surface area contributed by atoms with Gasteiger partial charge in [-0.3, -0.25) is 0 Å². The number of hydrogen-bond donors (Lipinski definition) is 0. The van der Waals surface area contributed by atoms with Gasteiger partial charge in [-0.05, 0) is 17.8 Å². The van der Waals surface area contributed by atoms with E-state index in [4.69, 9.17) is 0 Å². The molecule has 0 saturated heterocycles. The molecule has 1 rings (SSSR count). The van der Waals surface area contributed by atoms with Gasteiger partial charge >= 0.3 is 0 Å². The molecule has 3 heteroatoms. The molecule has 0 saturated carbocycles. The summed E-state index contributed by atoms with van der Waals surface area (Å²) in [5, 5.41) is 1.06. The average Bonchev–Trinajstić information content (AvgIpc) is 2.60. The topological polar surface area (TPSA) is 17.8 Å². The molecule has 1 heterocycles. The molecule has 1 unspecified atom stereocenters. The number of aryl methyl sites for hydroxylation is 2. The molecule has 2 nitrogen and oxygen atoms in total. The maximum atomic E-state index is 4.36. The molecule has 0 aromatic carbocycles. The predicted molar refractivity (Wildman–Crippen MR) is 68.3 cm³/mol. The van der Waals surface area contributed by atoms with Gasteiger partial charge in [0.1, 0.15) is 5.82 Å². The first-order valence-corrected chi connectivity index (χ1v) is 6.64. The first-order chi connectivity index (χ1) is 6.99. The zero-order valence-electron chi connectivity index (χ0n) is 10.1. The van der Waals surface area contributed by atoms with Crippen molar-refractivity contribution >= 4 is 15.9 Å². The van der Waals surface area contributed by atoms with Crippen LogP contribution >= 0.6 is 15.9 Å². The van der Waals surface area contributed by atoms with Crippen molar-refractivity contribution in [1.29, 1.82) is 0 Å². The standard InChI is InChI=1S/C12H21BrN2/c1-10(2)12(3,9-13)6-5-11-14-7-8-15(11)4/h7-8,10H,5-6,9H2,1-4H3. The molecule has 15 heavy (non-hydrogen) atoms. The Bertz CT molecular complexity index is 306. The van der Waals surface area contributed by atoms with Crippen LogP contribution in [0.15, 0.2) is 12.4 Å². The Labute approximate surface area is 101 Å². The van der Waals surface area contributed by atoms with Gasteiger partial charge in [0.25, 0.3) is 0 Å². The highest BCUT2D eigenvalue weighted by molar-refractivity contribution is 9.09. The number of nitrogens with zero attached hydrogens (tertiary/aromatic N) is 2. The van der Waals surface area contributed by atoms with Crippen molar-refractivity contribution in [3.63, 3.8) is 0 Å². The molecule has 86 valence electrons. The molecule has 0 amide bonds. The Morgan fingerprint density at radius 3 is 2.60 bits per heavy atom. The van der Waals surface area contributed by atoms with E-state index in [1.165, 1.54) is 12.2 Å². The fraction of sp³-hybridized carbons (Fsp3) is 0.750. The van der Waals surface area contributed by atoms with E-state index >= 15 is 0 Å². The number of alkyl halides is 1. The summed E-state index contributed by atoms with van der Waals surface area (Å²) < 4.78 is 2.11. The second kappa shape index (κ2) is 5.15. The van der Waals surface area contributed by atoms with Gasteiger partial charge in [-0.2, -0.15) is 0 Å². The minimum Gasteiger partial charge on any atom is -0.338 e. The van der Waals surface area contributed by atoms with Crippen LogP contribution in [-0.4, -0.2) is 14.9 Å². The number of aromatic nitrogens is 2. The van der Waals surface area contributed by atoms with Crippen LogP contribution in [-0.2, 0) is 13.5 Å². The fourth-order valence-electron chi connectivity index (χ4n) is 1.54. The summed E-state index contributed by atoms with van der Waals surface area (Å²) in [6.45, 7) is 6.93. The second-order valence-electron chi connectivity index (χ2n) is 4.90. The van der Waals surface area contributed by atoms with E-state index in [0.29, 0.717) is 11.3 Å². The molecule has 0 aliphatic heterocycles. The number of halogens is 1. The van der Waals surface area contributed by atoms with Crippen LogP contribution in [0, 0.1) is 11.3 Å². The molecule has 0 spiro atoms. The summed E-state index contributed by atoms with van der Waals surface area (Å²) in [5.74, 6) is 1.87. The highest BCUT2D eigenvalue weighted by Gasteiger charge is 2.27. The van der Waals surface area contributed by atoms with Gasteiger partial charge in [-0.15, -0.1) is 0 Å². The summed E-state index contributed by atoms with van der Waals surface area (Å²) in [4.78, 5) is 4.36. The van der Waals surface area contributed by atoms with Gasteiger partial charge in [-0.1, -0.05) is 36.7 Å². The Kier molecular flexibility index (Phi) is 4.38. The van der Waals surface area contributed by atoms with Crippen LogP contribution in [0.25, 0.3) is 0 Å². The quantitative estimate of drug-likeness (QED) is 0.752. The second-order valence-corrected chi connectivity index (χ2v) is 5.46. The van der Waals surface area contributed by atoms with Gasteiger partial charge in [0.15, 0.2) is 0 Å². The first-order valence-electron chi connectivity index (χ1n) is 5.52. The molecule has 1 aromatic heterocycles. The Balaban J connectivity index is 2.59.